The topological polar surface area (TPSA) is 74.6 Å². The quantitative estimate of drug-likeness (QED) is 0.639. The van der Waals surface area contributed by atoms with Gasteiger partial charge in [-0.25, -0.2) is 9.59 Å². The highest BCUT2D eigenvalue weighted by atomic mass is 28.3. The summed E-state index contributed by atoms with van der Waals surface area (Å²) in [6.45, 7) is 5.95. The van der Waals surface area contributed by atoms with Crippen molar-refractivity contribution in [2.45, 2.75) is 25.8 Å². The second-order valence-electron chi connectivity index (χ2n) is 6.93. The van der Waals surface area contributed by atoms with Crippen LogP contribution in [0.2, 0.25) is 5.04 Å². The van der Waals surface area contributed by atoms with Crippen LogP contribution < -0.4 is 10.4 Å². The summed E-state index contributed by atoms with van der Waals surface area (Å²) in [7, 11) is -3.12. The van der Waals surface area contributed by atoms with Gasteiger partial charge in [-0.3, -0.25) is 0 Å². The molecular weight excluding hydrogens is 332 g/mol. The van der Waals surface area contributed by atoms with Crippen LogP contribution >= 0.6 is 0 Å². The van der Waals surface area contributed by atoms with E-state index in [0.717, 1.165) is 16.4 Å². The van der Waals surface area contributed by atoms with E-state index in [2.05, 4.69) is 0 Å². The number of hydrogen-bond donors (Lipinski definition) is 2. The molecule has 2 rings (SSSR count). The first-order valence-electron chi connectivity index (χ1n) is 8.00. The Bertz CT molecular complexity index is 750. The minimum atomic E-state index is -3.12. The van der Waals surface area contributed by atoms with Crippen molar-refractivity contribution >= 4 is 30.4 Å². The van der Waals surface area contributed by atoms with Gasteiger partial charge in [0.2, 0.25) is 0 Å². The Labute approximate surface area is 148 Å². The van der Waals surface area contributed by atoms with Gasteiger partial charge in [-0.15, -0.1) is 0 Å². The molecule has 0 saturated carbocycles. The Balaban J connectivity index is 3.01. The maximum Gasteiger partial charge on any atom is 0.328 e. The second-order valence-corrected chi connectivity index (χ2v) is 11.6. The van der Waals surface area contributed by atoms with Gasteiger partial charge in [0.1, 0.15) is 0 Å². The third kappa shape index (κ3) is 3.41. The van der Waals surface area contributed by atoms with Crippen molar-refractivity contribution in [2.24, 2.45) is 0 Å². The van der Waals surface area contributed by atoms with Gasteiger partial charge in [0, 0.05) is 11.3 Å². The lowest BCUT2D eigenvalue weighted by atomic mass is 10.2. The molecule has 4 nitrogen and oxygen atoms in total. The van der Waals surface area contributed by atoms with E-state index < -0.39 is 25.1 Å². The van der Waals surface area contributed by atoms with Crippen LogP contribution in [0, 0.1) is 0 Å². The smallest absolute Gasteiger partial charge is 0.328 e. The second kappa shape index (κ2) is 7.07. The highest BCUT2D eigenvalue weighted by Crippen LogP contribution is 2.40. The molecule has 0 aliphatic heterocycles. The number of aliphatic carboxylic acids is 2. The molecule has 0 bridgehead atoms. The summed E-state index contributed by atoms with van der Waals surface area (Å²) >= 11 is 0. The molecule has 0 spiro atoms. The number of carboxylic acids is 2. The molecule has 0 unspecified atom stereocenters. The first-order chi connectivity index (χ1) is 11.7. The normalized spacial score (nSPS) is 12.7. The number of benzene rings is 2. The lowest BCUT2D eigenvalue weighted by Gasteiger charge is -2.44. The summed E-state index contributed by atoms with van der Waals surface area (Å²) in [6, 6.07) is 18.8. The summed E-state index contributed by atoms with van der Waals surface area (Å²) in [5.74, 6) is -2.43. The predicted octanol–water partition coefficient (Wildman–Crippen LogP) is 2.68. The molecule has 130 valence electrons. The number of rotatable bonds is 5. The van der Waals surface area contributed by atoms with Gasteiger partial charge in [0.15, 0.2) is 8.07 Å². The fraction of sp³-hybridized carbons (Fsp3) is 0.200. The molecular formula is C20H22O4Si. The third-order valence-corrected chi connectivity index (χ3v) is 10.3. The zero-order valence-corrected chi connectivity index (χ0v) is 15.6. The van der Waals surface area contributed by atoms with E-state index >= 15 is 0 Å². The zero-order valence-electron chi connectivity index (χ0n) is 14.6. The van der Waals surface area contributed by atoms with Crippen molar-refractivity contribution in [3.8, 4) is 0 Å². The first-order valence-corrected chi connectivity index (χ1v) is 10.0. The molecule has 2 aromatic rings. The Morgan fingerprint density at radius 2 is 1.24 bits per heavy atom. The van der Waals surface area contributed by atoms with Crippen LogP contribution in [0.3, 0.4) is 0 Å². The van der Waals surface area contributed by atoms with Crippen molar-refractivity contribution in [3.05, 3.63) is 71.9 Å². The summed E-state index contributed by atoms with van der Waals surface area (Å²) < 4.78 is 0. The van der Waals surface area contributed by atoms with Gasteiger partial charge >= 0.3 is 11.9 Å². The molecule has 0 amide bonds. The van der Waals surface area contributed by atoms with Crippen molar-refractivity contribution in [1.29, 1.82) is 0 Å². The fourth-order valence-electron chi connectivity index (χ4n) is 3.58. The largest absolute Gasteiger partial charge is 0.478 e. The maximum atomic E-state index is 12.2. The van der Waals surface area contributed by atoms with E-state index in [9.17, 15) is 19.8 Å². The van der Waals surface area contributed by atoms with E-state index in [1.54, 1.807) is 0 Å². The zero-order chi connectivity index (χ0) is 18.7. The third-order valence-electron chi connectivity index (χ3n) is 4.44. The van der Waals surface area contributed by atoms with Crippen molar-refractivity contribution < 1.29 is 19.8 Å². The molecule has 0 radical (unpaired) electrons. The Hall–Kier alpha value is -2.66. The van der Waals surface area contributed by atoms with Crippen LogP contribution in [0.5, 0.6) is 0 Å². The molecule has 0 heterocycles. The molecule has 0 saturated heterocycles. The highest BCUT2D eigenvalue weighted by Gasteiger charge is 2.53. The Morgan fingerprint density at radius 3 is 1.52 bits per heavy atom. The molecule has 2 aromatic carbocycles. The molecule has 0 aliphatic carbocycles. The lowest BCUT2D eigenvalue weighted by Crippen LogP contribution is -2.67. The summed E-state index contributed by atoms with van der Waals surface area (Å²) in [5.41, 5.74) is 0. The standard InChI is InChI=1S/C20H22O4Si/c1-20(2,3)25(15-10-6-4-7-11-15,16-12-8-5-9-13-16)17(19(23)24)14-18(21)22/h4-14H,1-3H3,(H,21,22)(H,23,24)/b17-14-. The van der Waals surface area contributed by atoms with Crippen molar-refractivity contribution in [2.75, 3.05) is 0 Å². The van der Waals surface area contributed by atoms with Crippen LogP contribution in [-0.2, 0) is 9.59 Å². The Morgan fingerprint density at radius 1 is 0.840 bits per heavy atom. The summed E-state index contributed by atoms with van der Waals surface area (Å²) in [4.78, 5) is 23.6. The molecule has 25 heavy (non-hydrogen) atoms. The van der Waals surface area contributed by atoms with Gasteiger partial charge in [0.05, 0.1) is 0 Å². The average Bonchev–Trinajstić information content (AvgIpc) is 2.55. The molecule has 0 aliphatic rings. The fourth-order valence-corrected chi connectivity index (χ4v) is 9.12. The molecule has 0 fully saturated rings. The van der Waals surface area contributed by atoms with E-state index in [4.69, 9.17) is 0 Å². The van der Waals surface area contributed by atoms with Crippen LogP contribution in [0.4, 0.5) is 0 Å². The first kappa shape index (κ1) is 18.7. The number of hydrogen-bond acceptors (Lipinski definition) is 2. The lowest BCUT2D eigenvalue weighted by molar-refractivity contribution is -0.134. The minimum absolute atomic E-state index is 0.0232. The van der Waals surface area contributed by atoms with Crippen molar-refractivity contribution in [3.63, 3.8) is 0 Å². The van der Waals surface area contributed by atoms with Crippen molar-refractivity contribution in [1.82, 2.24) is 0 Å². The molecule has 2 N–H and O–H groups in total. The SMILES string of the molecule is CC(C)(C)[Si](/C(=C\C(=O)O)C(=O)O)(c1ccccc1)c1ccccc1. The predicted molar refractivity (Wildman–Crippen MR) is 101 cm³/mol. The van der Waals surface area contributed by atoms with E-state index in [1.807, 2.05) is 81.4 Å². The number of carbonyl (C=O) groups is 2. The summed E-state index contributed by atoms with van der Waals surface area (Å²) in [5, 5.41) is 20.6. The number of carboxylic acid groups (broad SMARTS) is 2. The van der Waals surface area contributed by atoms with Crippen LogP contribution in [-0.4, -0.2) is 30.2 Å². The maximum absolute atomic E-state index is 12.2. The van der Waals surface area contributed by atoms with Gasteiger partial charge in [-0.2, -0.15) is 0 Å². The van der Waals surface area contributed by atoms with Gasteiger partial charge in [-0.1, -0.05) is 81.4 Å². The summed E-state index contributed by atoms with van der Waals surface area (Å²) in [6.07, 6.45) is 0.875. The van der Waals surface area contributed by atoms with E-state index in [-0.39, 0.29) is 5.20 Å². The molecule has 0 atom stereocenters. The Kier molecular flexibility index (Phi) is 5.28. The average molecular weight is 354 g/mol. The van der Waals surface area contributed by atoms with Gasteiger partial charge in [-0.05, 0) is 15.4 Å². The monoisotopic (exact) mass is 354 g/mol. The van der Waals surface area contributed by atoms with Crippen LogP contribution in [0.1, 0.15) is 20.8 Å². The minimum Gasteiger partial charge on any atom is -0.478 e. The van der Waals surface area contributed by atoms with E-state index in [0.29, 0.717) is 0 Å². The van der Waals surface area contributed by atoms with Crippen LogP contribution in [0.15, 0.2) is 71.9 Å². The van der Waals surface area contributed by atoms with Crippen LogP contribution in [0.25, 0.3) is 0 Å². The van der Waals surface area contributed by atoms with E-state index in [1.165, 1.54) is 0 Å². The van der Waals surface area contributed by atoms with Gasteiger partial charge < -0.3 is 10.2 Å². The molecule has 5 heteroatoms. The molecule has 0 aromatic heterocycles. The van der Waals surface area contributed by atoms with Gasteiger partial charge in [0.25, 0.3) is 0 Å². The highest BCUT2D eigenvalue weighted by molar-refractivity contribution is 7.11.